The molecule has 0 aliphatic carbocycles. The molecule has 4 aromatic rings. The van der Waals surface area contributed by atoms with E-state index in [1.807, 2.05) is 32.0 Å². The lowest BCUT2D eigenvalue weighted by atomic mass is 9.56. The number of benzene rings is 4. The van der Waals surface area contributed by atoms with Gasteiger partial charge in [0.25, 0.3) is 5.91 Å². The third-order valence-corrected chi connectivity index (χ3v) is 10.0. The molecule has 55 heavy (non-hydrogen) atoms. The second-order valence-electron chi connectivity index (χ2n) is 15.5. The summed E-state index contributed by atoms with van der Waals surface area (Å²) in [5.41, 5.74) is 0.442. The van der Waals surface area contributed by atoms with Crippen molar-refractivity contribution >= 4 is 46.6 Å². The van der Waals surface area contributed by atoms with Crippen molar-refractivity contribution in [1.29, 1.82) is 0 Å². The number of methoxy groups -OCH3 is 2. The van der Waals surface area contributed by atoms with E-state index in [0.717, 1.165) is 6.42 Å². The summed E-state index contributed by atoms with van der Waals surface area (Å²) in [7, 11) is 2.39. The van der Waals surface area contributed by atoms with Gasteiger partial charge in [-0.3, -0.25) is 9.59 Å². The number of amides is 2. The van der Waals surface area contributed by atoms with E-state index in [0.29, 0.717) is 11.4 Å². The van der Waals surface area contributed by atoms with Crippen LogP contribution < -0.4 is 10.6 Å². The Morgan fingerprint density at radius 2 is 1.24 bits per heavy atom. The van der Waals surface area contributed by atoms with Crippen LogP contribution in [0.4, 0.5) is 17.1 Å². The van der Waals surface area contributed by atoms with Gasteiger partial charge in [0.2, 0.25) is 5.91 Å². The maximum atomic E-state index is 14.1. The minimum absolute atomic E-state index is 0.0167. The molecule has 288 valence electrons. The van der Waals surface area contributed by atoms with Gasteiger partial charge in [-0.15, -0.1) is 10.2 Å². The number of hydrogen-bond acceptors (Lipinski definition) is 9. The molecule has 1 atom stereocenters. The lowest BCUT2D eigenvalue weighted by Crippen LogP contribution is -2.47. The molecule has 0 fully saturated rings. The Balaban J connectivity index is 1.69. The number of aliphatic hydroxyl groups is 1. The molecule has 0 heterocycles. The number of hydrogen-bond donors (Lipinski definition) is 3. The average Bonchev–Trinajstić information content (AvgIpc) is 3.16. The van der Waals surface area contributed by atoms with Crippen molar-refractivity contribution in [1.82, 2.24) is 0 Å². The number of nitrogens with one attached hydrogen (secondary N) is 2. The summed E-state index contributed by atoms with van der Waals surface area (Å²) in [4.78, 5) is 52.4. The lowest BCUT2D eigenvalue weighted by molar-refractivity contribution is -0.131. The molecule has 2 amide bonds. The lowest BCUT2D eigenvalue weighted by Gasteiger charge is -2.48. The van der Waals surface area contributed by atoms with Crippen molar-refractivity contribution in [3.63, 3.8) is 0 Å². The molecule has 4 rings (SSSR count). The number of esters is 2. The highest BCUT2D eigenvalue weighted by molar-refractivity contribution is 6.08. The van der Waals surface area contributed by atoms with Gasteiger partial charge >= 0.3 is 11.9 Å². The van der Waals surface area contributed by atoms with Crippen LogP contribution in [0.2, 0.25) is 0 Å². The Morgan fingerprint density at radius 1 is 0.691 bits per heavy atom. The predicted molar refractivity (Wildman–Crippen MR) is 214 cm³/mol. The number of carbonyl (C=O) groups excluding carboxylic acids is 4. The first-order valence-electron chi connectivity index (χ1n) is 17.9. The van der Waals surface area contributed by atoms with Gasteiger partial charge in [-0.2, -0.15) is 0 Å². The molecule has 11 nitrogen and oxygen atoms in total. The highest BCUT2D eigenvalue weighted by atomic mass is 16.5. The summed E-state index contributed by atoms with van der Waals surface area (Å²) in [6.45, 7) is 14.8. The zero-order valence-electron chi connectivity index (χ0n) is 32.9. The maximum Gasteiger partial charge on any atom is 0.340 e. The van der Waals surface area contributed by atoms with E-state index in [1.165, 1.54) is 38.0 Å². The zero-order chi connectivity index (χ0) is 40.6. The number of carbonyl (C=O) groups is 4. The fraction of sp³-hybridized carbons (Fsp3) is 0.318. The first kappa shape index (κ1) is 41.7. The molecule has 0 saturated heterocycles. The van der Waals surface area contributed by atoms with Crippen LogP contribution in [0, 0.1) is 16.2 Å². The Kier molecular flexibility index (Phi) is 13.1. The fourth-order valence-electron chi connectivity index (χ4n) is 6.11. The monoisotopic (exact) mass is 746 g/mol. The Morgan fingerprint density at radius 3 is 1.80 bits per heavy atom. The van der Waals surface area contributed by atoms with E-state index in [4.69, 9.17) is 9.47 Å². The summed E-state index contributed by atoms with van der Waals surface area (Å²) < 4.78 is 9.65. The topological polar surface area (TPSA) is 156 Å². The molecular weight excluding hydrogens is 697 g/mol. The largest absolute Gasteiger partial charge is 0.505 e. The van der Waals surface area contributed by atoms with Crippen molar-refractivity contribution in [2.24, 2.45) is 26.5 Å². The highest BCUT2D eigenvalue weighted by Gasteiger charge is 2.49. The predicted octanol–water partition coefficient (Wildman–Crippen LogP) is 10.1. The molecule has 0 spiro atoms. The first-order chi connectivity index (χ1) is 25.9. The van der Waals surface area contributed by atoms with E-state index in [1.54, 1.807) is 54.6 Å². The smallest absolute Gasteiger partial charge is 0.340 e. The Hall–Kier alpha value is -6.10. The number of aliphatic hydroxyl groups excluding tert-OH is 1. The number of ether oxygens (including phenoxy) is 2. The van der Waals surface area contributed by atoms with E-state index in [2.05, 4.69) is 67.6 Å². The normalized spacial score (nSPS) is 13.0. The summed E-state index contributed by atoms with van der Waals surface area (Å²) in [6, 6.07) is 29.1. The van der Waals surface area contributed by atoms with Gasteiger partial charge in [-0.1, -0.05) is 97.0 Å². The number of azo groups is 1. The first-order valence-corrected chi connectivity index (χ1v) is 17.9. The molecule has 11 heteroatoms. The van der Waals surface area contributed by atoms with Crippen molar-refractivity contribution in [3.05, 3.63) is 131 Å². The van der Waals surface area contributed by atoms with E-state index < -0.39 is 40.1 Å². The van der Waals surface area contributed by atoms with Crippen LogP contribution in [0.25, 0.3) is 5.76 Å². The Labute approximate surface area is 322 Å². The number of rotatable bonds is 13. The number of para-hydroxylation sites is 1. The second kappa shape index (κ2) is 17.4. The molecule has 0 aromatic heterocycles. The van der Waals surface area contributed by atoms with Crippen molar-refractivity contribution in [3.8, 4) is 0 Å². The van der Waals surface area contributed by atoms with E-state index >= 15 is 0 Å². The van der Waals surface area contributed by atoms with Crippen LogP contribution in [0.3, 0.4) is 0 Å². The molecule has 0 saturated carbocycles. The minimum atomic E-state index is -0.823. The SMILES string of the molecule is COC(=O)c1ccc(C(=O)OC)c(N=N/C(C(=O)Nc2ccccc2)=C(/O)c2ccc(NC(=O)C(C)(C)C(C)(C)C(CC(C)(C)C)c3ccccc3)cc2)c1. The van der Waals surface area contributed by atoms with Crippen molar-refractivity contribution < 1.29 is 33.8 Å². The van der Waals surface area contributed by atoms with Gasteiger partial charge in [0.15, 0.2) is 11.5 Å². The van der Waals surface area contributed by atoms with Gasteiger partial charge in [-0.25, -0.2) is 9.59 Å². The second-order valence-corrected chi connectivity index (χ2v) is 15.5. The van der Waals surface area contributed by atoms with Gasteiger partial charge < -0.3 is 25.2 Å². The quantitative estimate of drug-likeness (QED) is 0.0532. The highest BCUT2D eigenvalue weighted by Crippen LogP contribution is 2.53. The van der Waals surface area contributed by atoms with E-state index in [-0.39, 0.29) is 39.6 Å². The molecular formula is C44H50N4O7. The van der Waals surface area contributed by atoms with Crippen molar-refractivity contribution in [2.75, 3.05) is 24.9 Å². The molecule has 0 bridgehead atoms. The summed E-state index contributed by atoms with van der Waals surface area (Å²) in [5, 5.41) is 25.4. The van der Waals surface area contributed by atoms with Crippen LogP contribution in [0.1, 0.15) is 92.6 Å². The average molecular weight is 747 g/mol. The van der Waals surface area contributed by atoms with Crippen LogP contribution in [0.15, 0.2) is 119 Å². The van der Waals surface area contributed by atoms with Crippen LogP contribution in [-0.2, 0) is 19.1 Å². The fourth-order valence-corrected chi connectivity index (χ4v) is 6.11. The minimum Gasteiger partial charge on any atom is -0.505 e. The van der Waals surface area contributed by atoms with Crippen LogP contribution in [0.5, 0.6) is 0 Å². The van der Waals surface area contributed by atoms with Crippen LogP contribution in [-0.4, -0.2) is 43.1 Å². The van der Waals surface area contributed by atoms with Crippen molar-refractivity contribution in [2.45, 2.75) is 60.8 Å². The molecule has 1 unspecified atom stereocenters. The summed E-state index contributed by atoms with van der Waals surface area (Å²) in [5.74, 6) is -2.88. The van der Waals surface area contributed by atoms with Gasteiger partial charge in [-0.05, 0) is 83.3 Å². The molecule has 0 radical (unpaired) electrons. The zero-order valence-corrected chi connectivity index (χ0v) is 32.9. The molecule has 3 N–H and O–H groups in total. The molecule has 0 aliphatic heterocycles. The van der Waals surface area contributed by atoms with E-state index in [9.17, 15) is 24.3 Å². The third-order valence-electron chi connectivity index (χ3n) is 10.0. The van der Waals surface area contributed by atoms with Gasteiger partial charge in [0.1, 0.15) is 5.69 Å². The standard InChI is InChI=1S/C44H50N4O7/c1-42(2,3)27-34(28-16-12-10-13-17-28)43(4,5)44(6,7)41(53)46-32-23-20-29(21-24-32)37(49)36(38(50)45-31-18-14-11-15-19-31)48-47-35-26-30(39(51)54-8)22-25-33(35)40(52)55-9/h10-26,34,49H,27H2,1-9H3,(H,45,50)(H,46,53)/b37-36+,48-47?. The molecule has 4 aromatic carbocycles. The number of nitrogens with zero attached hydrogens (tertiary/aromatic N) is 2. The number of anilines is 2. The Bertz CT molecular complexity index is 2060. The van der Waals surface area contributed by atoms with Crippen LogP contribution >= 0.6 is 0 Å². The summed E-state index contributed by atoms with van der Waals surface area (Å²) >= 11 is 0. The molecule has 0 aliphatic rings. The third kappa shape index (κ3) is 10.1. The van der Waals surface area contributed by atoms with Gasteiger partial charge in [0.05, 0.1) is 25.3 Å². The summed E-state index contributed by atoms with van der Waals surface area (Å²) in [6.07, 6.45) is 0.874. The maximum absolute atomic E-state index is 14.1. The van der Waals surface area contributed by atoms with Gasteiger partial charge in [0, 0.05) is 22.4 Å².